The number of benzene rings is 1. The van der Waals surface area contributed by atoms with Crippen LogP contribution < -0.4 is 10.5 Å². The van der Waals surface area contributed by atoms with Gasteiger partial charge in [0.25, 0.3) is 0 Å². The number of nitrogens with two attached hydrogens (primary N) is 1. The molecule has 5 nitrogen and oxygen atoms in total. The third-order valence-corrected chi connectivity index (χ3v) is 4.56. The number of likely N-dealkylation sites (tertiary alicyclic amines) is 1. The Labute approximate surface area is 114 Å². The van der Waals surface area contributed by atoms with Crippen molar-refractivity contribution >= 4 is 15.7 Å². The van der Waals surface area contributed by atoms with Gasteiger partial charge in [0, 0.05) is 18.3 Å². The summed E-state index contributed by atoms with van der Waals surface area (Å²) in [4.78, 5) is 2.61. The van der Waals surface area contributed by atoms with Gasteiger partial charge in [-0.2, -0.15) is 0 Å². The number of hydrogen-bond acceptors (Lipinski definition) is 4. The van der Waals surface area contributed by atoms with Crippen LogP contribution in [0.15, 0.2) is 29.2 Å². The van der Waals surface area contributed by atoms with Crippen molar-refractivity contribution < 1.29 is 8.42 Å². The fourth-order valence-corrected chi connectivity index (χ4v) is 3.06. The second-order valence-electron chi connectivity index (χ2n) is 4.87. The molecule has 3 N–H and O–H groups in total. The molecular weight excluding hydrogens is 262 g/mol. The van der Waals surface area contributed by atoms with Gasteiger partial charge >= 0.3 is 0 Å². The lowest BCUT2D eigenvalue weighted by molar-refractivity contribution is 0.277. The standard InChI is InChI=1S/C13H21N3O2S/c1-2-16-9-3-4-12(16)10-15-11-5-7-13(8-6-11)19(14,17)18/h5-8,12,15H,2-4,9-10H2,1H3,(H2,14,17,18). The summed E-state index contributed by atoms with van der Waals surface area (Å²) in [5, 5.41) is 8.41. The van der Waals surface area contributed by atoms with Gasteiger partial charge < -0.3 is 5.32 Å². The van der Waals surface area contributed by atoms with Crippen molar-refractivity contribution in [3.8, 4) is 0 Å². The summed E-state index contributed by atoms with van der Waals surface area (Å²) >= 11 is 0. The largest absolute Gasteiger partial charge is 0.383 e. The smallest absolute Gasteiger partial charge is 0.238 e. The lowest BCUT2D eigenvalue weighted by Crippen LogP contribution is -2.34. The minimum absolute atomic E-state index is 0.147. The molecule has 1 fully saturated rings. The van der Waals surface area contributed by atoms with Gasteiger partial charge in [-0.3, -0.25) is 4.90 Å². The molecule has 0 spiro atoms. The first kappa shape index (κ1) is 14.3. The summed E-state index contributed by atoms with van der Waals surface area (Å²) in [6, 6.07) is 7.15. The van der Waals surface area contributed by atoms with Crippen molar-refractivity contribution in [3.05, 3.63) is 24.3 Å². The van der Waals surface area contributed by atoms with Crippen LogP contribution in [0.25, 0.3) is 0 Å². The van der Waals surface area contributed by atoms with Crippen LogP contribution >= 0.6 is 0 Å². The first-order valence-corrected chi connectivity index (χ1v) is 8.16. The van der Waals surface area contributed by atoms with Crippen molar-refractivity contribution in [1.29, 1.82) is 0 Å². The summed E-state index contributed by atoms with van der Waals surface area (Å²) < 4.78 is 22.3. The number of hydrogen-bond donors (Lipinski definition) is 2. The van der Waals surface area contributed by atoms with Gasteiger partial charge in [-0.1, -0.05) is 6.92 Å². The number of likely N-dealkylation sites (N-methyl/N-ethyl adjacent to an activating group) is 1. The minimum atomic E-state index is -3.60. The van der Waals surface area contributed by atoms with Gasteiger partial charge in [-0.05, 0) is 50.2 Å². The van der Waals surface area contributed by atoms with E-state index in [0.717, 1.165) is 18.8 Å². The molecule has 0 radical (unpaired) electrons. The zero-order chi connectivity index (χ0) is 13.9. The number of rotatable bonds is 5. The molecule has 1 saturated heterocycles. The highest BCUT2D eigenvalue weighted by Crippen LogP contribution is 2.18. The highest BCUT2D eigenvalue weighted by atomic mass is 32.2. The van der Waals surface area contributed by atoms with Gasteiger partial charge in [-0.25, -0.2) is 13.6 Å². The van der Waals surface area contributed by atoms with Crippen LogP contribution in [0.3, 0.4) is 0 Å². The molecular formula is C13H21N3O2S. The van der Waals surface area contributed by atoms with Crippen LogP contribution in [0.1, 0.15) is 19.8 Å². The topological polar surface area (TPSA) is 75.4 Å². The van der Waals surface area contributed by atoms with E-state index in [4.69, 9.17) is 5.14 Å². The normalized spacial score (nSPS) is 20.6. The summed E-state index contributed by atoms with van der Waals surface area (Å²) in [6.07, 6.45) is 2.47. The molecule has 1 atom stereocenters. The summed E-state index contributed by atoms with van der Waals surface area (Å²) in [5.41, 5.74) is 0.926. The van der Waals surface area contributed by atoms with E-state index in [2.05, 4.69) is 17.1 Å². The Kier molecular flexibility index (Phi) is 4.44. The first-order chi connectivity index (χ1) is 9.00. The molecule has 0 amide bonds. The summed E-state index contributed by atoms with van der Waals surface area (Å²) in [6.45, 7) is 5.33. The molecule has 1 unspecified atom stereocenters. The van der Waals surface area contributed by atoms with Crippen LogP contribution in [-0.4, -0.2) is 39.0 Å². The van der Waals surface area contributed by atoms with Crippen molar-refractivity contribution in [1.82, 2.24) is 4.90 Å². The predicted octanol–water partition coefficient (Wildman–Crippen LogP) is 1.23. The Hall–Kier alpha value is -1.11. The Bertz CT molecular complexity index is 513. The molecule has 6 heteroatoms. The zero-order valence-electron chi connectivity index (χ0n) is 11.2. The molecule has 2 rings (SSSR count). The lowest BCUT2D eigenvalue weighted by atomic mass is 10.2. The molecule has 1 aromatic carbocycles. The van der Waals surface area contributed by atoms with Crippen LogP contribution in [0.2, 0.25) is 0 Å². The minimum Gasteiger partial charge on any atom is -0.383 e. The number of nitrogens with zero attached hydrogens (tertiary/aromatic N) is 1. The molecule has 1 aliphatic heterocycles. The lowest BCUT2D eigenvalue weighted by Gasteiger charge is -2.23. The number of nitrogens with one attached hydrogen (secondary N) is 1. The zero-order valence-corrected chi connectivity index (χ0v) is 12.0. The molecule has 0 aliphatic carbocycles. The van der Waals surface area contributed by atoms with E-state index < -0.39 is 10.0 Å². The van der Waals surface area contributed by atoms with Gasteiger partial charge in [0.15, 0.2) is 0 Å². The van der Waals surface area contributed by atoms with Crippen molar-refractivity contribution in [2.75, 3.05) is 25.0 Å². The highest BCUT2D eigenvalue weighted by Gasteiger charge is 2.22. The molecule has 0 aromatic heterocycles. The number of anilines is 1. The van der Waals surface area contributed by atoms with Crippen LogP contribution in [0.5, 0.6) is 0 Å². The second kappa shape index (κ2) is 5.90. The third kappa shape index (κ3) is 3.68. The fraction of sp³-hybridized carbons (Fsp3) is 0.538. The quantitative estimate of drug-likeness (QED) is 0.852. The number of primary sulfonamides is 1. The van der Waals surface area contributed by atoms with Gasteiger partial charge in [-0.15, -0.1) is 0 Å². The van der Waals surface area contributed by atoms with Gasteiger partial charge in [0.1, 0.15) is 0 Å². The summed E-state index contributed by atoms with van der Waals surface area (Å²) in [5.74, 6) is 0. The van der Waals surface area contributed by atoms with E-state index in [1.54, 1.807) is 12.1 Å². The van der Waals surface area contributed by atoms with Crippen LogP contribution in [-0.2, 0) is 10.0 Å². The first-order valence-electron chi connectivity index (χ1n) is 6.61. The fourth-order valence-electron chi connectivity index (χ4n) is 2.54. The molecule has 106 valence electrons. The summed E-state index contributed by atoms with van der Waals surface area (Å²) in [7, 11) is -3.60. The van der Waals surface area contributed by atoms with Crippen LogP contribution in [0, 0.1) is 0 Å². The maximum Gasteiger partial charge on any atom is 0.238 e. The Morgan fingerprint density at radius 2 is 2.05 bits per heavy atom. The van der Waals surface area contributed by atoms with Crippen molar-refractivity contribution in [3.63, 3.8) is 0 Å². The average molecular weight is 283 g/mol. The van der Waals surface area contributed by atoms with E-state index in [1.807, 2.05) is 0 Å². The SMILES string of the molecule is CCN1CCCC1CNc1ccc(S(N)(=O)=O)cc1. The van der Waals surface area contributed by atoms with Crippen LogP contribution in [0.4, 0.5) is 5.69 Å². The molecule has 1 heterocycles. The molecule has 0 bridgehead atoms. The van der Waals surface area contributed by atoms with Gasteiger partial charge in [0.2, 0.25) is 10.0 Å². The molecule has 1 aliphatic rings. The Morgan fingerprint density at radius 3 is 2.63 bits per heavy atom. The maximum atomic E-state index is 11.1. The molecule has 19 heavy (non-hydrogen) atoms. The van der Waals surface area contributed by atoms with E-state index in [1.165, 1.54) is 31.5 Å². The molecule has 1 aromatic rings. The molecule has 0 saturated carbocycles. The Balaban J connectivity index is 1.93. The average Bonchev–Trinajstić information content (AvgIpc) is 2.83. The maximum absolute atomic E-state index is 11.1. The van der Waals surface area contributed by atoms with Crippen molar-refractivity contribution in [2.24, 2.45) is 5.14 Å². The monoisotopic (exact) mass is 283 g/mol. The highest BCUT2D eigenvalue weighted by molar-refractivity contribution is 7.89. The van der Waals surface area contributed by atoms with Gasteiger partial charge in [0.05, 0.1) is 4.90 Å². The van der Waals surface area contributed by atoms with E-state index in [0.29, 0.717) is 6.04 Å². The Morgan fingerprint density at radius 1 is 1.37 bits per heavy atom. The second-order valence-corrected chi connectivity index (χ2v) is 6.44. The number of sulfonamides is 1. The predicted molar refractivity (Wildman–Crippen MR) is 76.6 cm³/mol. The van der Waals surface area contributed by atoms with Crippen molar-refractivity contribution in [2.45, 2.75) is 30.7 Å². The third-order valence-electron chi connectivity index (χ3n) is 3.63. The van der Waals surface area contributed by atoms with E-state index >= 15 is 0 Å². The van der Waals surface area contributed by atoms with E-state index in [9.17, 15) is 8.42 Å². The van der Waals surface area contributed by atoms with E-state index in [-0.39, 0.29) is 4.90 Å².